The number of carbonyl (C=O) groups is 1. The van der Waals surface area contributed by atoms with Crippen molar-refractivity contribution >= 4 is 17.7 Å². The Labute approximate surface area is 136 Å². The summed E-state index contributed by atoms with van der Waals surface area (Å²) in [5.41, 5.74) is 2.55. The summed E-state index contributed by atoms with van der Waals surface area (Å²) in [5, 5.41) is 27.0. The van der Waals surface area contributed by atoms with Crippen molar-refractivity contribution in [2.45, 2.75) is 38.6 Å². The zero-order chi connectivity index (χ0) is 17.2. The van der Waals surface area contributed by atoms with Crippen LogP contribution in [0, 0.1) is 22.7 Å². The Hall–Kier alpha value is -2.79. The van der Waals surface area contributed by atoms with E-state index >= 15 is 0 Å². The van der Waals surface area contributed by atoms with Crippen LogP contribution in [0.4, 0.5) is 5.69 Å². The van der Waals surface area contributed by atoms with Gasteiger partial charge in [0.2, 0.25) is 0 Å². The van der Waals surface area contributed by atoms with Crippen LogP contribution >= 0.6 is 0 Å². The Bertz CT molecular complexity index is 735. The normalized spacial score (nSPS) is 18.3. The molecule has 118 valence electrons. The molecule has 1 aromatic rings. The maximum Gasteiger partial charge on any atom is 0.323 e. The van der Waals surface area contributed by atoms with Gasteiger partial charge in [0.1, 0.15) is 24.3 Å². The fourth-order valence-corrected chi connectivity index (χ4v) is 3.29. The first-order valence-electron chi connectivity index (χ1n) is 7.44. The number of nitrogens with zero attached hydrogens (tertiary/aromatic N) is 3. The summed E-state index contributed by atoms with van der Waals surface area (Å²) in [6.45, 7) is 6.16. The minimum atomic E-state index is -0.862. The van der Waals surface area contributed by atoms with E-state index in [9.17, 15) is 9.90 Å². The number of carboxylic acid groups (broad SMARTS) is 1. The molecule has 0 spiro atoms. The van der Waals surface area contributed by atoms with Crippen molar-refractivity contribution in [2.75, 3.05) is 11.4 Å². The lowest BCUT2D eigenvalue weighted by atomic mass is 9.79. The zero-order valence-corrected chi connectivity index (χ0v) is 13.5. The number of aliphatic carboxylic acids is 1. The first kappa shape index (κ1) is 16.6. The van der Waals surface area contributed by atoms with Gasteiger partial charge in [0.25, 0.3) is 0 Å². The third-order valence-corrected chi connectivity index (χ3v) is 4.25. The van der Waals surface area contributed by atoms with E-state index in [1.807, 2.05) is 49.1 Å². The summed E-state index contributed by atoms with van der Waals surface area (Å²) < 4.78 is 0. The van der Waals surface area contributed by atoms with Crippen molar-refractivity contribution in [1.29, 1.82) is 10.5 Å². The molecule has 2 rings (SSSR count). The summed E-state index contributed by atoms with van der Waals surface area (Å²) in [6.07, 6.45) is 2.39. The van der Waals surface area contributed by atoms with Crippen LogP contribution in [0.5, 0.6) is 0 Å². The van der Waals surface area contributed by atoms with E-state index < -0.39 is 5.97 Å². The molecular formula is C18H19N3O2. The van der Waals surface area contributed by atoms with E-state index in [4.69, 9.17) is 10.5 Å². The molecule has 1 atom stereocenters. The molecule has 1 aromatic carbocycles. The molecule has 1 unspecified atom stereocenters. The monoisotopic (exact) mass is 309 g/mol. The lowest BCUT2D eigenvalue weighted by molar-refractivity contribution is -0.135. The molecule has 0 aromatic heterocycles. The van der Waals surface area contributed by atoms with Crippen LogP contribution in [0.2, 0.25) is 0 Å². The first-order valence-corrected chi connectivity index (χ1v) is 7.44. The van der Waals surface area contributed by atoms with Gasteiger partial charge in [-0.15, -0.1) is 0 Å². The standard InChI is InChI=1S/C18H19N3O2/c1-12-8-18(2,3)21(11-17(22)23)16-5-4-13(7-15(12)16)6-14(9-19)10-20/h4-7,12H,8,11H2,1-3H3,(H,22,23). The van der Waals surface area contributed by atoms with Crippen molar-refractivity contribution in [1.82, 2.24) is 0 Å². The Balaban J connectivity index is 2.52. The van der Waals surface area contributed by atoms with Crippen LogP contribution in [-0.4, -0.2) is 23.2 Å². The first-order chi connectivity index (χ1) is 10.8. The molecule has 0 fully saturated rings. The van der Waals surface area contributed by atoms with Crippen LogP contribution in [-0.2, 0) is 4.79 Å². The molecule has 5 heteroatoms. The van der Waals surface area contributed by atoms with Gasteiger partial charge < -0.3 is 10.0 Å². The van der Waals surface area contributed by atoms with Gasteiger partial charge in [-0.05, 0) is 55.5 Å². The topological polar surface area (TPSA) is 88.1 Å². The number of fused-ring (bicyclic) bond motifs is 1. The van der Waals surface area contributed by atoms with E-state index in [2.05, 4.69) is 6.92 Å². The predicted molar refractivity (Wildman–Crippen MR) is 87.7 cm³/mol. The van der Waals surface area contributed by atoms with Crippen molar-refractivity contribution in [3.63, 3.8) is 0 Å². The SMILES string of the molecule is CC1CC(C)(C)N(CC(=O)O)c2ccc(C=C(C#N)C#N)cc21. The maximum atomic E-state index is 11.2. The smallest absolute Gasteiger partial charge is 0.323 e. The van der Waals surface area contributed by atoms with Crippen LogP contribution < -0.4 is 4.90 Å². The lowest BCUT2D eigenvalue weighted by Crippen LogP contribution is -2.50. The van der Waals surface area contributed by atoms with Crippen LogP contribution in [0.1, 0.15) is 44.2 Å². The maximum absolute atomic E-state index is 11.2. The molecule has 0 amide bonds. The highest BCUT2D eigenvalue weighted by Crippen LogP contribution is 2.43. The number of hydrogen-bond acceptors (Lipinski definition) is 4. The predicted octanol–water partition coefficient (Wildman–Crippen LogP) is 3.29. The van der Waals surface area contributed by atoms with Gasteiger partial charge >= 0.3 is 5.97 Å². The fraction of sp³-hybridized carbons (Fsp3) is 0.389. The second-order valence-electron chi connectivity index (χ2n) is 6.50. The largest absolute Gasteiger partial charge is 0.480 e. The molecule has 1 N–H and O–H groups in total. The number of hydrogen-bond donors (Lipinski definition) is 1. The quantitative estimate of drug-likeness (QED) is 0.865. The number of rotatable bonds is 3. The molecule has 1 aliphatic heterocycles. The minimum Gasteiger partial charge on any atom is -0.480 e. The molecular weight excluding hydrogens is 290 g/mol. The zero-order valence-electron chi connectivity index (χ0n) is 13.5. The molecule has 0 aliphatic carbocycles. The average molecular weight is 309 g/mol. The summed E-state index contributed by atoms with van der Waals surface area (Å²) >= 11 is 0. The third kappa shape index (κ3) is 3.35. The third-order valence-electron chi connectivity index (χ3n) is 4.25. The molecule has 0 saturated carbocycles. The number of nitriles is 2. The Kier molecular flexibility index (Phi) is 4.43. The highest BCUT2D eigenvalue weighted by molar-refractivity contribution is 5.77. The summed E-state index contributed by atoms with van der Waals surface area (Å²) in [7, 11) is 0. The van der Waals surface area contributed by atoms with E-state index in [1.165, 1.54) is 0 Å². The van der Waals surface area contributed by atoms with Crippen LogP contribution in [0.25, 0.3) is 6.08 Å². The Morgan fingerprint density at radius 3 is 2.65 bits per heavy atom. The second kappa shape index (κ2) is 6.14. The van der Waals surface area contributed by atoms with Crippen LogP contribution in [0.15, 0.2) is 23.8 Å². The van der Waals surface area contributed by atoms with Crippen molar-refractivity contribution in [3.05, 3.63) is 34.9 Å². The van der Waals surface area contributed by atoms with Crippen LogP contribution in [0.3, 0.4) is 0 Å². The van der Waals surface area contributed by atoms with Gasteiger partial charge in [-0.25, -0.2) is 0 Å². The van der Waals surface area contributed by atoms with Crippen molar-refractivity contribution in [2.24, 2.45) is 0 Å². The number of allylic oxidation sites excluding steroid dienone is 1. The molecule has 1 aliphatic rings. The number of carboxylic acids is 1. The van der Waals surface area contributed by atoms with Gasteiger partial charge in [-0.1, -0.05) is 13.0 Å². The molecule has 23 heavy (non-hydrogen) atoms. The molecule has 0 bridgehead atoms. The highest BCUT2D eigenvalue weighted by atomic mass is 16.4. The Morgan fingerprint density at radius 2 is 2.09 bits per heavy atom. The molecule has 1 heterocycles. The van der Waals surface area contributed by atoms with Crippen molar-refractivity contribution in [3.8, 4) is 12.1 Å². The second-order valence-corrected chi connectivity index (χ2v) is 6.50. The van der Waals surface area contributed by atoms with E-state index in [1.54, 1.807) is 6.08 Å². The molecule has 5 nitrogen and oxygen atoms in total. The van der Waals surface area contributed by atoms with Gasteiger partial charge in [-0.2, -0.15) is 10.5 Å². The number of benzene rings is 1. The number of anilines is 1. The minimum absolute atomic E-state index is 0.0520. The van der Waals surface area contributed by atoms with Gasteiger partial charge in [0.15, 0.2) is 0 Å². The highest BCUT2D eigenvalue weighted by Gasteiger charge is 2.37. The fourth-order valence-electron chi connectivity index (χ4n) is 3.29. The van der Waals surface area contributed by atoms with E-state index in [0.717, 1.165) is 23.2 Å². The van der Waals surface area contributed by atoms with Gasteiger partial charge in [-0.3, -0.25) is 4.79 Å². The van der Waals surface area contributed by atoms with E-state index in [-0.39, 0.29) is 23.6 Å². The molecule has 0 radical (unpaired) electrons. The van der Waals surface area contributed by atoms with Gasteiger partial charge in [0.05, 0.1) is 0 Å². The summed E-state index contributed by atoms with van der Waals surface area (Å²) in [6, 6.07) is 9.34. The summed E-state index contributed by atoms with van der Waals surface area (Å²) in [5.74, 6) is -0.593. The lowest BCUT2D eigenvalue weighted by Gasteiger charge is -2.46. The molecule has 0 saturated heterocycles. The van der Waals surface area contributed by atoms with E-state index in [0.29, 0.717) is 0 Å². The van der Waals surface area contributed by atoms with Crippen molar-refractivity contribution < 1.29 is 9.90 Å². The summed E-state index contributed by atoms with van der Waals surface area (Å²) in [4.78, 5) is 13.1. The Morgan fingerprint density at radius 1 is 1.43 bits per heavy atom. The average Bonchev–Trinajstić information content (AvgIpc) is 2.48. The van der Waals surface area contributed by atoms with Gasteiger partial charge in [0, 0.05) is 11.2 Å².